The van der Waals surface area contributed by atoms with E-state index < -0.39 is 6.03 Å². The number of amides is 3. The molecule has 150 valence electrons. The first-order valence-electron chi connectivity index (χ1n) is 8.92. The van der Waals surface area contributed by atoms with Crippen LogP contribution in [-0.2, 0) is 17.8 Å². The molecule has 6 nitrogen and oxygen atoms in total. The Morgan fingerprint density at radius 1 is 1.21 bits per heavy atom. The summed E-state index contributed by atoms with van der Waals surface area (Å²) >= 11 is 5.93. The minimum Gasteiger partial charge on any atom is -0.493 e. The molecule has 2 aromatic carbocycles. The zero-order valence-electron chi connectivity index (χ0n) is 16.2. The number of nitrogens with zero attached hydrogens (tertiary/aromatic N) is 1. The molecule has 2 aromatic rings. The first-order valence-corrected chi connectivity index (χ1v) is 9.30. The Kier molecular flexibility index (Phi) is 6.24. The van der Waals surface area contributed by atoms with Crippen LogP contribution in [0.5, 0.6) is 11.5 Å². The van der Waals surface area contributed by atoms with Crippen LogP contribution in [0.3, 0.4) is 0 Å². The van der Waals surface area contributed by atoms with Crippen molar-refractivity contribution in [3.63, 3.8) is 0 Å². The molecule has 0 spiro atoms. The zero-order valence-corrected chi connectivity index (χ0v) is 17.0. The van der Waals surface area contributed by atoms with Crippen molar-refractivity contribution in [1.29, 1.82) is 0 Å². The van der Waals surface area contributed by atoms with Crippen molar-refractivity contribution < 1.29 is 19.1 Å². The van der Waals surface area contributed by atoms with Gasteiger partial charge in [0.05, 0.1) is 7.11 Å². The first-order chi connectivity index (χ1) is 13.9. The number of rotatable bonds is 7. The minimum atomic E-state index is -0.456. The summed E-state index contributed by atoms with van der Waals surface area (Å²) < 4.78 is 11.6. The molecule has 7 heteroatoms. The summed E-state index contributed by atoms with van der Waals surface area (Å²) in [5, 5.41) is 3.21. The number of nitrogens with one attached hydrogen (secondary N) is 1. The molecule has 0 saturated carbocycles. The van der Waals surface area contributed by atoms with Crippen molar-refractivity contribution in [2.24, 2.45) is 0 Å². The van der Waals surface area contributed by atoms with E-state index in [-0.39, 0.29) is 11.6 Å². The molecule has 0 radical (unpaired) electrons. The van der Waals surface area contributed by atoms with Gasteiger partial charge in [0, 0.05) is 17.6 Å². The third-order valence-corrected chi connectivity index (χ3v) is 4.68. The number of hydrogen-bond donors (Lipinski definition) is 1. The summed E-state index contributed by atoms with van der Waals surface area (Å²) in [6.07, 6.45) is 3.92. The topological polar surface area (TPSA) is 67.9 Å². The molecule has 29 heavy (non-hydrogen) atoms. The van der Waals surface area contributed by atoms with Crippen molar-refractivity contribution in [3.8, 4) is 11.5 Å². The Morgan fingerprint density at radius 3 is 2.52 bits per heavy atom. The number of methoxy groups -OCH3 is 1. The molecular formula is C22H21ClN2O4. The van der Waals surface area contributed by atoms with Gasteiger partial charge in [0.2, 0.25) is 0 Å². The van der Waals surface area contributed by atoms with Crippen LogP contribution in [-0.4, -0.2) is 31.0 Å². The molecule has 1 saturated heterocycles. The largest absolute Gasteiger partial charge is 0.493 e. The average Bonchev–Trinajstić information content (AvgIpc) is 2.95. The fraction of sp³-hybridized carbons (Fsp3) is 0.182. The first kappa shape index (κ1) is 20.5. The maximum Gasteiger partial charge on any atom is 0.328 e. The highest BCUT2D eigenvalue weighted by Gasteiger charge is 2.30. The normalized spacial score (nSPS) is 14.9. The summed E-state index contributed by atoms with van der Waals surface area (Å²) in [5.74, 6) is 0.737. The van der Waals surface area contributed by atoms with Crippen LogP contribution in [0.1, 0.15) is 16.7 Å². The molecule has 3 amide bonds. The smallest absolute Gasteiger partial charge is 0.328 e. The second-order valence-corrected chi connectivity index (χ2v) is 6.91. The fourth-order valence-electron chi connectivity index (χ4n) is 2.92. The average molecular weight is 413 g/mol. The van der Waals surface area contributed by atoms with Gasteiger partial charge in [-0.2, -0.15) is 0 Å². The van der Waals surface area contributed by atoms with E-state index in [4.69, 9.17) is 21.1 Å². The van der Waals surface area contributed by atoms with Crippen molar-refractivity contribution in [1.82, 2.24) is 10.2 Å². The maximum atomic E-state index is 12.1. The van der Waals surface area contributed by atoms with E-state index in [9.17, 15) is 9.59 Å². The zero-order chi connectivity index (χ0) is 21.0. The van der Waals surface area contributed by atoms with Crippen LogP contribution in [0.4, 0.5) is 4.79 Å². The number of benzene rings is 2. The molecule has 0 unspecified atom stereocenters. The number of urea groups is 1. The highest BCUT2D eigenvalue weighted by Crippen LogP contribution is 2.35. The summed E-state index contributed by atoms with van der Waals surface area (Å²) in [6, 6.07) is 10.6. The number of halogens is 1. The standard InChI is InChI=1S/C22H21ClN2O4/c1-4-5-16-10-15(11-18-21(26)25(2)22(27)24-18)12-19(28-3)20(16)29-13-14-6-8-17(23)9-7-14/h4,6-12H,1,5,13H2,2-3H3,(H,24,27)/b18-11+. The van der Waals surface area contributed by atoms with Crippen LogP contribution in [0, 0.1) is 0 Å². The Bertz CT molecular complexity index is 983. The molecule has 3 rings (SSSR count). The maximum absolute atomic E-state index is 12.1. The van der Waals surface area contributed by atoms with Crippen molar-refractivity contribution in [3.05, 3.63) is 76.5 Å². The van der Waals surface area contributed by atoms with Crippen LogP contribution in [0.25, 0.3) is 6.08 Å². The second-order valence-electron chi connectivity index (χ2n) is 6.47. The highest BCUT2D eigenvalue weighted by atomic mass is 35.5. The van der Waals surface area contributed by atoms with E-state index in [2.05, 4.69) is 11.9 Å². The second kappa shape index (κ2) is 8.84. The summed E-state index contributed by atoms with van der Waals surface area (Å²) in [4.78, 5) is 24.8. The van der Waals surface area contributed by atoms with Crippen LogP contribution >= 0.6 is 11.6 Å². The molecular weight excluding hydrogens is 392 g/mol. The highest BCUT2D eigenvalue weighted by molar-refractivity contribution is 6.30. The number of likely N-dealkylation sites (N-methyl/N-ethyl adjacent to an activating group) is 1. The number of hydrogen-bond acceptors (Lipinski definition) is 4. The molecule has 0 bridgehead atoms. The van der Waals surface area contributed by atoms with Gasteiger partial charge in [-0.05, 0) is 47.9 Å². The van der Waals surface area contributed by atoms with E-state index in [1.807, 2.05) is 18.2 Å². The van der Waals surface area contributed by atoms with Crippen LogP contribution < -0.4 is 14.8 Å². The van der Waals surface area contributed by atoms with Crippen molar-refractivity contribution >= 4 is 29.6 Å². The Morgan fingerprint density at radius 2 is 1.93 bits per heavy atom. The lowest BCUT2D eigenvalue weighted by Gasteiger charge is -2.16. The molecule has 1 aliphatic rings. The summed E-state index contributed by atoms with van der Waals surface area (Å²) in [5.41, 5.74) is 2.73. The van der Waals surface area contributed by atoms with Gasteiger partial charge in [-0.25, -0.2) is 4.79 Å². The Hall–Kier alpha value is -3.25. The summed E-state index contributed by atoms with van der Waals surface area (Å²) in [7, 11) is 2.98. The lowest BCUT2D eigenvalue weighted by Crippen LogP contribution is -2.25. The van der Waals surface area contributed by atoms with Gasteiger partial charge in [-0.3, -0.25) is 9.69 Å². The summed E-state index contributed by atoms with van der Waals surface area (Å²) in [6.45, 7) is 4.15. The molecule has 0 aliphatic carbocycles. The van der Waals surface area contributed by atoms with E-state index in [1.165, 1.54) is 7.05 Å². The van der Waals surface area contributed by atoms with Gasteiger partial charge in [-0.15, -0.1) is 6.58 Å². The van der Waals surface area contributed by atoms with Crippen LogP contribution in [0.2, 0.25) is 5.02 Å². The van der Waals surface area contributed by atoms with Gasteiger partial charge < -0.3 is 14.8 Å². The predicted octanol–water partition coefficient (Wildman–Crippen LogP) is 4.18. The Labute approximate surface area is 174 Å². The molecule has 1 heterocycles. The molecule has 0 aromatic heterocycles. The number of allylic oxidation sites excluding steroid dienone is 1. The molecule has 1 aliphatic heterocycles. The third kappa shape index (κ3) is 4.60. The lowest BCUT2D eigenvalue weighted by molar-refractivity contribution is -0.121. The number of carbonyl (C=O) groups is 2. The van der Waals surface area contributed by atoms with Crippen molar-refractivity contribution in [2.75, 3.05) is 14.2 Å². The quantitative estimate of drug-likeness (QED) is 0.421. The van der Waals surface area contributed by atoms with Gasteiger partial charge in [0.25, 0.3) is 5.91 Å². The van der Waals surface area contributed by atoms with Gasteiger partial charge >= 0.3 is 6.03 Å². The van der Waals surface area contributed by atoms with E-state index in [0.29, 0.717) is 35.1 Å². The van der Waals surface area contributed by atoms with E-state index in [1.54, 1.807) is 37.5 Å². The predicted molar refractivity (Wildman–Crippen MR) is 112 cm³/mol. The van der Waals surface area contributed by atoms with E-state index >= 15 is 0 Å². The monoisotopic (exact) mass is 412 g/mol. The van der Waals surface area contributed by atoms with Gasteiger partial charge in [0.15, 0.2) is 11.5 Å². The fourth-order valence-corrected chi connectivity index (χ4v) is 3.04. The number of carbonyl (C=O) groups excluding carboxylic acids is 2. The minimum absolute atomic E-state index is 0.207. The number of ether oxygens (including phenoxy) is 2. The SMILES string of the molecule is C=CCc1cc(/C=C2/NC(=O)N(C)C2=O)cc(OC)c1OCc1ccc(Cl)cc1. The molecule has 1 N–H and O–H groups in total. The Balaban J connectivity index is 1.92. The van der Waals surface area contributed by atoms with Gasteiger partial charge in [-0.1, -0.05) is 29.8 Å². The van der Waals surface area contributed by atoms with Crippen LogP contribution in [0.15, 0.2) is 54.8 Å². The lowest BCUT2D eigenvalue weighted by atomic mass is 10.0. The molecule has 0 atom stereocenters. The van der Waals surface area contributed by atoms with E-state index in [0.717, 1.165) is 16.0 Å². The van der Waals surface area contributed by atoms with Gasteiger partial charge in [0.1, 0.15) is 12.3 Å². The number of imide groups is 1. The third-order valence-electron chi connectivity index (χ3n) is 4.43. The molecule has 1 fully saturated rings. The van der Waals surface area contributed by atoms with Crippen molar-refractivity contribution in [2.45, 2.75) is 13.0 Å².